The number of methoxy groups -OCH3 is 1. The smallest absolute Gasteiger partial charge is 0.126 e. The molecule has 1 atom stereocenters. The van der Waals surface area contributed by atoms with Crippen LogP contribution in [-0.4, -0.2) is 24.8 Å². The summed E-state index contributed by atoms with van der Waals surface area (Å²) >= 11 is 0. The molecule has 2 rings (SSSR count). The Hall–Kier alpha value is -1.22. The number of aliphatic hydroxyl groups is 1. The molecule has 1 aliphatic rings. The summed E-state index contributed by atoms with van der Waals surface area (Å²) in [5.41, 5.74) is 2.07. The van der Waals surface area contributed by atoms with Gasteiger partial charge in [0, 0.05) is 23.8 Å². The topological polar surface area (TPSA) is 32.7 Å². The van der Waals surface area contributed by atoms with E-state index in [4.69, 9.17) is 4.74 Å². The Morgan fingerprint density at radius 1 is 1.24 bits per heavy atom. The van der Waals surface area contributed by atoms with Crippen LogP contribution in [0.5, 0.6) is 5.75 Å². The number of ether oxygens (including phenoxy) is 1. The van der Waals surface area contributed by atoms with E-state index in [0.29, 0.717) is 12.0 Å². The lowest BCUT2D eigenvalue weighted by Gasteiger charge is -2.35. The average molecular weight is 291 g/mol. The second-order valence-corrected chi connectivity index (χ2v) is 6.55. The van der Waals surface area contributed by atoms with Crippen LogP contribution < -0.4 is 9.64 Å². The second kappa shape index (κ2) is 7.17. The lowest BCUT2D eigenvalue weighted by atomic mass is 10.0. The highest BCUT2D eigenvalue weighted by atomic mass is 16.5. The standard InChI is InChI=1S/C18H29NO2/c1-13(2)12-19(15-8-5-6-9-15)16-10-7-11-17(21-4)18(16)14(3)20/h7,10-11,13-15,20H,5-6,8-9,12H2,1-4H3/t14-/m1/s1. The van der Waals surface area contributed by atoms with Gasteiger partial charge in [-0.15, -0.1) is 0 Å². The monoisotopic (exact) mass is 291 g/mol. The molecule has 0 radical (unpaired) electrons. The summed E-state index contributed by atoms with van der Waals surface area (Å²) in [6.07, 6.45) is 4.61. The predicted molar refractivity (Wildman–Crippen MR) is 88.1 cm³/mol. The number of anilines is 1. The predicted octanol–water partition coefficient (Wildman–Crippen LogP) is 4.15. The first kappa shape index (κ1) is 16.2. The van der Waals surface area contributed by atoms with Gasteiger partial charge in [0.1, 0.15) is 5.75 Å². The molecule has 118 valence electrons. The van der Waals surface area contributed by atoms with Crippen LogP contribution >= 0.6 is 0 Å². The average Bonchev–Trinajstić information content (AvgIpc) is 2.97. The van der Waals surface area contributed by atoms with Crippen molar-refractivity contribution in [3.05, 3.63) is 23.8 Å². The van der Waals surface area contributed by atoms with Gasteiger partial charge in [0.05, 0.1) is 13.2 Å². The second-order valence-electron chi connectivity index (χ2n) is 6.55. The molecule has 0 aliphatic heterocycles. The maximum Gasteiger partial charge on any atom is 0.126 e. The SMILES string of the molecule is COc1cccc(N(CC(C)C)C2CCCC2)c1[C@@H](C)O. The van der Waals surface area contributed by atoms with Crippen LogP contribution in [0.4, 0.5) is 5.69 Å². The maximum atomic E-state index is 10.2. The van der Waals surface area contributed by atoms with Crippen molar-refractivity contribution in [1.29, 1.82) is 0 Å². The van der Waals surface area contributed by atoms with Crippen molar-refractivity contribution >= 4 is 5.69 Å². The van der Waals surface area contributed by atoms with E-state index in [1.807, 2.05) is 19.1 Å². The number of hydrogen-bond acceptors (Lipinski definition) is 3. The van der Waals surface area contributed by atoms with Gasteiger partial charge in [-0.1, -0.05) is 32.8 Å². The fraction of sp³-hybridized carbons (Fsp3) is 0.667. The molecule has 1 N–H and O–H groups in total. The third kappa shape index (κ3) is 3.70. The van der Waals surface area contributed by atoms with E-state index in [2.05, 4.69) is 24.8 Å². The van der Waals surface area contributed by atoms with Crippen LogP contribution in [0.3, 0.4) is 0 Å². The fourth-order valence-electron chi connectivity index (χ4n) is 3.43. The van der Waals surface area contributed by atoms with Gasteiger partial charge in [-0.3, -0.25) is 0 Å². The third-order valence-corrected chi connectivity index (χ3v) is 4.32. The third-order valence-electron chi connectivity index (χ3n) is 4.32. The van der Waals surface area contributed by atoms with Gasteiger partial charge >= 0.3 is 0 Å². The normalized spacial score (nSPS) is 17.2. The van der Waals surface area contributed by atoms with Crippen molar-refractivity contribution < 1.29 is 9.84 Å². The van der Waals surface area contributed by atoms with Crippen LogP contribution in [0.1, 0.15) is 58.1 Å². The van der Waals surface area contributed by atoms with E-state index in [1.165, 1.54) is 25.7 Å². The quantitative estimate of drug-likeness (QED) is 0.854. The summed E-state index contributed by atoms with van der Waals surface area (Å²) in [4.78, 5) is 2.50. The molecule has 3 nitrogen and oxygen atoms in total. The molecule has 0 amide bonds. The Morgan fingerprint density at radius 3 is 2.43 bits per heavy atom. The highest BCUT2D eigenvalue weighted by Gasteiger charge is 2.27. The van der Waals surface area contributed by atoms with E-state index in [0.717, 1.165) is 23.5 Å². The molecule has 0 bridgehead atoms. The Bertz CT molecular complexity index is 451. The number of aliphatic hydroxyl groups excluding tert-OH is 1. The summed E-state index contributed by atoms with van der Waals surface area (Å²) in [6, 6.07) is 6.69. The lowest BCUT2D eigenvalue weighted by molar-refractivity contribution is 0.194. The molecule has 0 spiro atoms. The number of benzene rings is 1. The van der Waals surface area contributed by atoms with Gasteiger partial charge in [-0.05, 0) is 37.8 Å². The van der Waals surface area contributed by atoms with Crippen LogP contribution in [0.2, 0.25) is 0 Å². The first-order valence-electron chi connectivity index (χ1n) is 8.16. The Morgan fingerprint density at radius 2 is 1.90 bits per heavy atom. The van der Waals surface area contributed by atoms with Gasteiger partial charge in [0.25, 0.3) is 0 Å². The van der Waals surface area contributed by atoms with Crippen molar-refractivity contribution in [2.75, 3.05) is 18.6 Å². The molecule has 0 heterocycles. The molecule has 1 aliphatic carbocycles. The molecule has 1 saturated carbocycles. The van der Waals surface area contributed by atoms with Crippen molar-refractivity contribution in [2.24, 2.45) is 5.92 Å². The molecule has 1 aromatic carbocycles. The van der Waals surface area contributed by atoms with E-state index >= 15 is 0 Å². The van der Waals surface area contributed by atoms with Crippen molar-refractivity contribution in [3.63, 3.8) is 0 Å². The Kier molecular flexibility index (Phi) is 5.51. The number of nitrogens with zero attached hydrogens (tertiary/aromatic N) is 1. The zero-order chi connectivity index (χ0) is 15.4. The molecule has 0 unspecified atom stereocenters. The highest BCUT2D eigenvalue weighted by Crippen LogP contribution is 2.38. The molecular formula is C18H29NO2. The summed E-state index contributed by atoms with van der Waals surface area (Å²) in [5, 5.41) is 10.2. The van der Waals surface area contributed by atoms with Crippen molar-refractivity contribution in [2.45, 2.75) is 58.6 Å². The first-order chi connectivity index (χ1) is 10.0. The molecular weight excluding hydrogens is 262 g/mol. The molecule has 0 saturated heterocycles. The van der Waals surface area contributed by atoms with Crippen LogP contribution in [-0.2, 0) is 0 Å². The molecule has 21 heavy (non-hydrogen) atoms. The highest BCUT2D eigenvalue weighted by molar-refractivity contribution is 5.61. The molecule has 0 aromatic heterocycles. The summed E-state index contributed by atoms with van der Waals surface area (Å²) in [6.45, 7) is 7.36. The zero-order valence-corrected chi connectivity index (χ0v) is 13.8. The maximum absolute atomic E-state index is 10.2. The summed E-state index contributed by atoms with van der Waals surface area (Å²) < 4.78 is 5.48. The van der Waals surface area contributed by atoms with E-state index in [9.17, 15) is 5.11 Å². The molecule has 1 fully saturated rings. The van der Waals surface area contributed by atoms with Gasteiger partial charge < -0.3 is 14.7 Å². The van der Waals surface area contributed by atoms with Gasteiger partial charge in [-0.25, -0.2) is 0 Å². The van der Waals surface area contributed by atoms with E-state index in [1.54, 1.807) is 7.11 Å². The van der Waals surface area contributed by atoms with E-state index in [-0.39, 0.29) is 0 Å². The summed E-state index contributed by atoms with van der Waals surface area (Å²) in [5.74, 6) is 1.38. The van der Waals surface area contributed by atoms with Gasteiger partial charge in [0.2, 0.25) is 0 Å². The number of hydrogen-bond donors (Lipinski definition) is 1. The minimum Gasteiger partial charge on any atom is -0.496 e. The molecule has 3 heteroatoms. The van der Waals surface area contributed by atoms with Gasteiger partial charge in [0.15, 0.2) is 0 Å². The number of rotatable bonds is 6. The summed E-state index contributed by atoms with van der Waals surface area (Å²) in [7, 11) is 1.67. The van der Waals surface area contributed by atoms with Crippen molar-refractivity contribution in [1.82, 2.24) is 0 Å². The van der Waals surface area contributed by atoms with Crippen molar-refractivity contribution in [3.8, 4) is 5.75 Å². The van der Waals surface area contributed by atoms with Gasteiger partial charge in [-0.2, -0.15) is 0 Å². The first-order valence-corrected chi connectivity index (χ1v) is 8.16. The van der Waals surface area contributed by atoms with E-state index < -0.39 is 6.10 Å². The van der Waals surface area contributed by atoms with Crippen LogP contribution in [0, 0.1) is 5.92 Å². The largest absolute Gasteiger partial charge is 0.496 e. The molecule has 1 aromatic rings. The Balaban J connectivity index is 2.42. The van der Waals surface area contributed by atoms with Crippen LogP contribution in [0.25, 0.3) is 0 Å². The van der Waals surface area contributed by atoms with Crippen LogP contribution in [0.15, 0.2) is 18.2 Å². The Labute approximate surface area is 128 Å². The zero-order valence-electron chi connectivity index (χ0n) is 13.8. The minimum absolute atomic E-state index is 0.521. The lowest BCUT2D eigenvalue weighted by Crippen LogP contribution is -2.37. The minimum atomic E-state index is -0.521. The fourth-order valence-corrected chi connectivity index (χ4v) is 3.43.